The van der Waals surface area contributed by atoms with E-state index in [9.17, 15) is 8.42 Å². The molecule has 0 amide bonds. The van der Waals surface area contributed by atoms with Crippen LogP contribution < -0.4 is 10.0 Å². The molecule has 0 spiro atoms. The van der Waals surface area contributed by atoms with E-state index in [2.05, 4.69) is 46.5 Å². The average Bonchev–Trinajstić information content (AvgIpc) is 3.26. The Morgan fingerprint density at radius 1 is 0.935 bits per heavy atom. The Bertz CT molecular complexity index is 1250. The van der Waals surface area contributed by atoms with Gasteiger partial charge in [-0.15, -0.1) is 0 Å². The maximum atomic E-state index is 13.2. The lowest BCUT2D eigenvalue weighted by Gasteiger charge is -2.37. The van der Waals surface area contributed by atoms with Gasteiger partial charge in [0.1, 0.15) is 0 Å². The number of rotatable bonds is 4. The van der Waals surface area contributed by atoms with E-state index < -0.39 is 10.0 Å². The summed E-state index contributed by atoms with van der Waals surface area (Å²) in [4.78, 5) is 0.299. The molecule has 1 heterocycles. The van der Waals surface area contributed by atoms with Crippen molar-refractivity contribution in [2.24, 2.45) is 5.92 Å². The maximum Gasteiger partial charge on any atom is 0.261 e. The largest absolute Gasteiger partial charge is 0.378 e. The van der Waals surface area contributed by atoms with E-state index in [-0.39, 0.29) is 12.0 Å². The van der Waals surface area contributed by atoms with Crippen molar-refractivity contribution in [3.8, 4) is 0 Å². The summed E-state index contributed by atoms with van der Waals surface area (Å²) >= 11 is 0. The van der Waals surface area contributed by atoms with Gasteiger partial charge < -0.3 is 5.32 Å². The molecule has 0 radical (unpaired) electrons. The number of aryl methyl sites for hydroxylation is 2. The minimum Gasteiger partial charge on any atom is -0.378 e. The zero-order chi connectivity index (χ0) is 21.6. The van der Waals surface area contributed by atoms with Gasteiger partial charge >= 0.3 is 0 Å². The van der Waals surface area contributed by atoms with Gasteiger partial charge in [0, 0.05) is 11.6 Å². The first-order valence-corrected chi connectivity index (χ1v) is 12.1. The molecule has 3 atom stereocenters. The highest BCUT2D eigenvalue weighted by atomic mass is 32.2. The summed E-state index contributed by atoms with van der Waals surface area (Å²) in [5.74, 6) is 0.580. The predicted octanol–water partition coefficient (Wildman–Crippen LogP) is 5.93. The monoisotopic (exact) mass is 430 g/mol. The molecule has 2 N–H and O–H groups in total. The van der Waals surface area contributed by atoms with Gasteiger partial charge in [-0.2, -0.15) is 0 Å². The molecule has 0 bridgehead atoms. The van der Waals surface area contributed by atoms with Gasteiger partial charge in [-0.25, -0.2) is 8.42 Å². The van der Waals surface area contributed by atoms with E-state index in [4.69, 9.17) is 0 Å². The Hall–Kier alpha value is -3.05. The molecule has 158 valence electrons. The number of hydrogen-bond donors (Lipinski definition) is 2. The van der Waals surface area contributed by atoms with Gasteiger partial charge in [0.15, 0.2) is 0 Å². The molecule has 1 aliphatic heterocycles. The van der Waals surface area contributed by atoms with Crippen molar-refractivity contribution in [3.05, 3.63) is 101 Å². The van der Waals surface area contributed by atoms with Crippen molar-refractivity contribution < 1.29 is 8.42 Å². The second-order valence-corrected chi connectivity index (χ2v) is 10.2. The number of nitrogens with one attached hydrogen (secondary N) is 2. The average molecular weight is 431 g/mol. The van der Waals surface area contributed by atoms with Crippen LogP contribution in [0.4, 0.5) is 11.4 Å². The lowest BCUT2D eigenvalue weighted by atomic mass is 9.77. The number of hydrogen-bond acceptors (Lipinski definition) is 3. The van der Waals surface area contributed by atoms with E-state index in [1.54, 1.807) is 6.07 Å². The molecule has 2 aliphatic rings. The van der Waals surface area contributed by atoms with Crippen LogP contribution in [0.15, 0.2) is 83.8 Å². The van der Waals surface area contributed by atoms with Gasteiger partial charge in [-0.1, -0.05) is 60.7 Å². The van der Waals surface area contributed by atoms with E-state index in [1.807, 2.05) is 50.2 Å². The Morgan fingerprint density at radius 3 is 2.42 bits per heavy atom. The van der Waals surface area contributed by atoms with Crippen LogP contribution in [-0.2, 0) is 10.0 Å². The molecule has 0 fully saturated rings. The van der Waals surface area contributed by atoms with Gasteiger partial charge in [0.25, 0.3) is 10.0 Å². The molecule has 0 saturated heterocycles. The molecule has 3 aromatic carbocycles. The summed E-state index contributed by atoms with van der Waals surface area (Å²) in [6.07, 6.45) is 5.43. The van der Waals surface area contributed by atoms with Crippen LogP contribution in [0.3, 0.4) is 0 Å². The lowest BCUT2D eigenvalue weighted by Crippen LogP contribution is -2.29. The zero-order valence-corrected chi connectivity index (χ0v) is 18.5. The minimum absolute atomic E-state index is 0.205. The Kier molecular flexibility index (Phi) is 4.86. The van der Waals surface area contributed by atoms with Crippen molar-refractivity contribution in [3.63, 3.8) is 0 Å². The number of benzene rings is 3. The molecule has 5 rings (SSSR count). The highest BCUT2D eigenvalue weighted by Crippen LogP contribution is 2.50. The van der Waals surface area contributed by atoms with Crippen LogP contribution in [0.25, 0.3) is 0 Å². The molecular weight excluding hydrogens is 404 g/mol. The topological polar surface area (TPSA) is 58.2 Å². The summed E-state index contributed by atoms with van der Waals surface area (Å²) < 4.78 is 29.2. The van der Waals surface area contributed by atoms with Crippen molar-refractivity contribution in [1.82, 2.24) is 0 Å². The predicted molar refractivity (Wildman–Crippen MR) is 126 cm³/mol. The second kappa shape index (κ2) is 7.57. The third-order valence-corrected chi connectivity index (χ3v) is 7.87. The van der Waals surface area contributed by atoms with E-state index >= 15 is 0 Å². The number of sulfonamides is 1. The summed E-state index contributed by atoms with van der Waals surface area (Å²) in [6.45, 7) is 3.83. The van der Waals surface area contributed by atoms with Crippen molar-refractivity contribution in [2.75, 3.05) is 10.0 Å². The SMILES string of the molecule is Cc1cccc(C)c1NS(=O)(=O)c1ccc2c(c1)[C@H]1C=CC[C@H]1[C@@H](c1ccccc1)N2. The number of fused-ring (bicyclic) bond motifs is 3. The number of allylic oxidation sites excluding steroid dienone is 2. The van der Waals surface area contributed by atoms with Crippen LogP contribution >= 0.6 is 0 Å². The highest BCUT2D eigenvalue weighted by Gasteiger charge is 2.38. The zero-order valence-electron chi connectivity index (χ0n) is 17.7. The van der Waals surface area contributed by atoms with Crippen molar-refractivity contribution in [1.29, 1.82) is 0 Å². The summed E-state index contributed by atoms with van der Waals surface area (Å²) in [5, 5.41) is 3.68. The minimum atomic E-state index is -3.69. The van der Waals surface area contributed by atoms with Gasteiger partial charge in [-0.3, -0.25) is 4.72 Å². The van der Waals surface area contributed by atoms with Crippen LogP contribution in [0.5, 0.6) is 0 Å². The summed E-state index contributed by atoms with van der Waals surface area (Å²) in [5.41, 5.74) is 5.80. The quantitative estimate of drug-likeness (QED) is 0.504. The Labute approximate surface area is 184 Å². The smallest absolute Gasteiger partial charge is 0.261 e. The molecular formula is C26H26N2O2S. The second-order valence-electron chi connectivity index (χ2n) is 8.51. The number of anilines is 2. The first kappa shape index (κ1) is 19.9. The first-order valence-electron chi connectivity index (χ1n) is 10.7. The van der Waals surface area contributed by atoms with Crippen molar-refractivity contribution in [2.45, 2.75) is 37.1 Å². The summed E-state index contributed by atoms with van der Waals surface area (Å²) in [6, 6.07) is 21.9. The van der Waals surface area contributed by atoms with Gasteiger partial charge in [0.05, 0.1) is 16.6 Å². The normalized spacial score (nSPS) is 21.8. The van der Waals surface area contributed by atoms with Crippen LogP contribution in [-0.4, -0.2) is 8.42 Å². The van der Waals surface area contributed by atoms with Crippen LogP contribution in [0, 0.1) is 19.8 Å². The molecule has 4 nitrogen and oxygen atoms in total. The molecule has 1 aliphatic carbocycles. The van der Waals surface area contributed by atoms with Crippen LogP contribution in [0.1, 0.15) is 40.6 Å². The summed E-state index contributed by atoms with van der Waals surface area (Å²) in [7, 11) is -3.69. The molecule has 3 aromatic rings. The Balaban J connectivity index is 1.51. The third-order valence-electron chi connectivity index (χ3n) is 6.52. The van der Waals surface area contributed by atoms with E-state index in [0.29, 0.717) is 16.5 Å². The lowest BCUT2D eigenvalue weighted by molar-refractivity contribution is 0.425. The van der Waals surface area contributed by atoms with Gasteiger partial charge in [-0.05, 0) is 66.6 Å². The molecule has 31 heavy (non-hydrogen) atoms. The number of para-hydroxylation sites is 1. The van der Waals surface area contributed by atoms with Crippen molar-refractivity contribution >= 4 is 21.4 Å². The molecule has 0 aromatic heterocycles. The fraction of sp³-hybridized carbons (Fsp3) is 0.231. The van der Waals surface area contributed by atoms with Gasteiger partial charge in [0.2, 0.25) is 0 Å². The first-order chi connectivity index (χ1) is 14.9. The Morgan fingerprint density at radius 2 is 1.68 bits per heavy atom. The molecule has 0 unspecified atom stereocenters. The fourth-order valence-corrected chi connectivity index (χ4v) is 6.14. The molecule has 5 heteroatoms. The van der Waals surface area contributed by atoms with Crippen LogP contribution in [0.2, 0.25) is 0 Å². The van der Waals surface area contributed by atoms with E-state index in [1.165, 1.54) is 5.56 Å². The highest BCUT2D eigenvalue weighted by molar-refractivity contribution is 7.92. The standard InChI is InChI=1S/C26H26N2O2S/c1-17-8-6-9-18(2)25(17)28-31(29,30)20-14-15-24-23(16-20)21-12-7-13-22(21)26(27-24)19-10-4-3-5-11-19/h3-12,14-16,21-22,26-28H,13H2,1-2H3/t21-,22+,26+/m0/s1. The third kappa shape index (κ3) is 3.53. The van der Waals surface area contributed by atoms with E-state index in [0.717, 1.165) is 28.8 Å². The maximum absolute atomic E-state index is 13.2. The fourth-order valence-electron chi connectivity index (χ4n) is 4.90. The molecule has 0 saturated carbocycles.